The maximum Gasteiger partial charge on any atom is 0.326 e. The molecule has 1 aromatic carbocycles. The van der Waals surface area contributed by atoms with Gasteiger partial charge in [0, 0.05) is 19.9 Å². The number of carboxylic acid groups (broad SMARTS) is 1. The molecule has 19 heavy (non-hydrogen) atoms. The maximum atomic E-state index is 12.0. The van der Waals surface area contributed by atoms with Gasteiger partial charge in [0.2, 0.25) is 5.91 Å². The van der Waals surface area contributed by atoms with Crippen LogP contribution in [-0.2, 0) is 16.0 Å². The lowest BCUT2D eigenvalue weighted by molar-refractivity contribution is -0.149. The summed E-state index contributed by atoms with van der Waals surface area (Å²) in [5.41, 5.74) is 0.916. The number of carboxylic acids is 1. The molecular weight excluding hydrogens is 242 g/mol. The van der Waals surface area contributed by atoms with Gasteiger partial charge >= 0.3 is 5.97 Å². The van der Waals surface area contributed by atoms with Gasteiger partial charge in [-0.3, -0.25) is 4.79 Å². The van der Waals surface area contributed by atoms with Gasteiger partial charge in [-0.2, -0.15) is 0 Å². The van der Waals surface area contributed by atoms with E-state index in [9.17, 15) is 14.7 Å². The fourth-order valence-corrected chi connectivity index (χ4v) is 1.89. The van der Waals surface area contributed by atoms with Gasteiger partial charge in [-0.25, -0.2) is 4.79 Å². The number of carbonyl (C=O) groups is 2. The highest BCUT2D eigenvalue weighted by molar-refractivity contribution is 5.83. The molecule has 1 atom stereocenters. The highest BCUT2D eigenvalue weighted by Crippen LogP contribution is 2.11. The number of likely N-dealkylation sites (N-methyl/N-ethyl adjacent to an activating group) is 1. The van der Waals surface area contributed by atoms with Crippen LogP contribution < -0.4 is 0 Å². The van der Waals surface area contributed by atoms with Crippen molar-refractivity contribution in [2.45, 2.75) is 32.7 Å². The number of hydrogen-bond acceptors (Lipinski definition) is 2. The normalized spacial score (nSPS) is 12.2. The van der Waals surface area contributed by atoms with E-state index in [1.54, 1.807) is 7.05 Å². The first-order valence-corrected chi connectivity index (χ1v) is 6.44. The lowest BCUT2D eigenvalue weighted by atomic mass is 10.0. The van der Waals surface area contributed by atoms with Gasteiger partial charge in [-0.15, -0.1) is 0 Å². The van der Waals surface area contributed by atoms with Crippen LogP contribution in [0.4, 0.5) is 0 Å². The van der Waals surface area contributed by atoms with Crippen molar-refractivity contribution in [1.29, 1.82) is 0 Å². The molecule has 104 valence electrons. The standard InChI is InChI=1S/C15H21NO3/c1-11(2)9-14(17)16(3)13(15(18)19)10-12-7-5-4-6-8-12/h4-8,11,13H,9-10H2,1-3H3,(H,18,19). The Balaban J connectivity index is 2.77. The van der Waals surface area contributed by atoms with Gasteiger partial charge in [0.05, 0.1) is 0 Å². The van der Waals surface area contributed by atoms with Crippen molar-refractivity contribution in [1.82, 2.24) is 4.90 Å². The Hall–Kier alpha value is -1.84. The third kappa shape index (κ3) is 4.73. The van der Waals surface area contributed by atoms with Crippen molar-refractivity contribution in [3.05, 3.63) is 35.9 Å². The lowest BCUT2D eigenvalue weighted by Crippen LogP contribution is -2.44. The van der Waals surface area contributed by atoms with Gasteiger partial charge in [0.15, 0.2) is 0 Å². The second kappa shape index (κ2) is 6.92. The van der Waals surface area contributed by atoms with E-state index >= 15 is 0 Å². The van der Waals surface area contributed by atoms with Gasteiger partial charge in [-0.1, -0.05) is 44.2 Å². The quantitative estimate of drug-likeness (QED) is 0.856. The molecule has 1 N–H and O–H groups in total. The summed E-state index contributed by atoms with van der Waals surface area (Å²) in [6.45, 7) is 3.89. The van der Waals surface area contributed by atoms with Crippen LogP contribution in [0.5, 0.6) is 0 Å². The summed E-state index contributed by atoms with van der Waals surface area (Å²) in [6.07, 6.45) is 0.700. The van der Waals surface area contributed by atoms with Crippen LogP contribution in [0.2, 0.25) is 0 Å². The predicted octanol–water partition coefficient (Wildman–Crippen LogP) is 2.19. The highest BCUT2D eigenvalue weighted by atomic mass is 16.4. The first-order valence-electron chi connectivity index (χ1n) is 6.44. The Morgan fingerprint density at radius 2 is 1.79 bits per heavy atom. The first-order chi connectivity index (χ1) is 8.91. The molecule has 1 unspecified atom stereocenters. The molecule has 4 heteroatoms. The van der Waals surface area contributed by atoms with Crippen molar-refractivity contribution in [2.75, 3.05) is 7.05 Å². The van der Waals surface area contributed by atoms with Crippen molar-refractivity contribution in [2.24, 2.45) is 5.92 Å². The molecule has 0 saturated carbocycles. The fourth-order valence-electron chi connectivity index (χ4n) is 1.89. The molecule has 0 spiro atoms. The summed E-state index contributed by atoms with van der Waals surface area (Å²) in [5.74, 6) is -0.872. The molecule has 1 rings (SSSR count). The Kier molecular flexibility index (Phi) is 5.55. The van der Waals surface area contributed by atoms with Gasteiger partial charge in [0.1, 0.15) is 6.04 Å². The number of aliphatic carboxylic acids is 1. The summed E-state index contributed by atoms with van der Waals surface area (Å²) in [4.78, 5) is 24.6. The number of hydrogen-bond donors (Lipinski definition) is 1. The fraction of sp³-hybridized carbons (Fsp3) is 0.467. The zero-order valence-corrected chi connectivity index (χ0v) is 11.7. The van der Waals surface area contributed by atoms with Gasteiger partial charge < -0.3 is 10.0 Å². The third-order valence-electron chi connectivity index (χ3n) is 3.00. The number of rotatable bonds is 6. The largest absolute Gasteiger partial charge is 0.480 e. The molecule has 0 saturated heterocycles. The van der Waals surface area contributed by atoms with E-state index in [2.05, 4.69) is 0 Å². The summed E-state index contributed by atoms with van der Waals surface area (Å²) in [5, 5.41) is 9.29. The summed E-state index contributed by atoms with van der Waals surface area (Å²) in [6, 6.07) is 8.54. The zero-order chi connectivity index (χ0) is 14.4. The molecule has 0 heterocycles. The van der Waals surface area contributed by atoms with Gasteiger partial charge in [-0.05, 0) is 11.5 Å². The Morgan fingerprint density at radius 3 is 2.26 bits per heavy atom. The lowest BCUT2D eigenvalue weighted by Gasteiger charge is -2.25. The third-order valence-corrected chi connectivity index (χ3v) is 3.00. The number of benzene rings is 1. The molecule has 0 radical (unpaired) electrons. The predicted molar refractivity (Wildman–Crippen MR) is 73.8 cm³/mol. The molecule has 0 aliphatic carbocycles. The maximum absolute atomic E-state index is 12.0. The van der Waals surface area contributed by atoms with Crippen LogP contribution in [0.1, 0.15) is 25.8 Å². The molecule has 0 bridgehead atoms. The Morgan fingerprint density at radius 1 is 1.21 bits per heavy atom. The van der Waals surface area contributed by atoms with E-state index in [1.807, 2.05) is 44.2 Å². The van der Waals surface area contributed by atoms with Crippen LogP contribution in [0, 0.1) is 5.92 Å². The van der Waals surface area contributed by atoms with Crippen molar-refractivity contribution < 1.29 is 14.7 Å². The van der Waals surface area contributed by atoms with Crippen molar-refractivity contribution in [3.63, 3.8) is 0 Å². The molecule has 0 fully saturated rings. The second-order valence-corrected chi connectivity index (χ2v) is 5.15. The van der Waals surface area contributed by atoms with Crippen LogP contribution in [0.15, 0.2) is 30.3 Å². The van der Waals surface area contributed by atoms with Crippen LogP contribution in [-0.4, -0.2) is 35.0 Å². The minimum absolute atomic E-state index is 0.127. The molecule has 1 amide bonds. The Labute approximate surface area is 114 Å². The minimum Gasteiger partial charge on any atom is -0.480 e. The van der Waals surface area contributed by atoms with E-state index in [-0.39, 0.29) is 11.8 Å². The minimum atomic E-state index is -0.969. The topological polar surface area (TPSA) is 57.6 Å². The summed E-state index contributed by atoms with van der Waals surface area (Å²) >= 11 is 0. The molecular formula is C15H21NO3. The summed E-state index contributed by atoms with van der Waals surface area (Å²) in [7, 11) is 1.56. The van der Waals surface area contributed by atoms with Gasteiger partial charge in [0.25, 0.3) is 0 Å². The number of amides is 1. The van der Waals surface area contributed by atoms with E-state index in [0.29, 0.717) is 12.8 Å². The first kappa shape index (κ1) is 15.2. The van der Waals surface area contributed by atoms with E-state index in [1.165, 1.54) is 4.90 Å². The molecule has 0 aliphatic rings. The summed E-state index contributed by atoms with van der Waals surface area (Å²) < 4.78 is 0. The zero-order valence-electron chi connectivity index (χ0n) is 11.7. The molecule has 0 aliphatic heterocycles. The van der Waals surface area contributed by atoms with Crippen molar-refractivity contribution >= 4 is 11.9 Å². The Bertz CT molecular complexity index is 428. The SMILES string of the molecule is CC(C)CC(=O)N(C)C(Cc1ccccc1)C(=O)O. The molecule has 0 aromatic heterocycles. The van der Waals surface area contributed by atoms with E-state index in [0.717, 1.165) is 5.56 Å². The van der Waals surface area contributed by atoms with Crippen LogP contribution >= 0.6 is 0 Å². The van der Waals surface area contributed by atoms with E-state index < -0.39 is 12.0 Å². The molecule has 4 nitrogen and oxygen atoms in total. The van der Waals surface area contributed by atoms with Crippen molar-refractivity contribution in [3.8, 4) is 0 Å². The smallest absolute Gasteiger partial charge is 0.326 e. The number of nitrogens with zero attached hydrogens (tertiary/aromatic N) is 1. The average molecular weight is 263 g/mol. The van der Waals surface area contributed by atoms with E-state index in [4.69, 9.17) is 0 Å². The van der Waals surface area contributed by atoms with Crippen LogP contribution in [0.25, 0.3) is 0 Å². The highest BCUT2D eigenvalue weighted by Gasteiger charge is 2.26. The molecule has 1 aromatic rings. The monoisotopic (exact) mass is 263 g/mol. The average Bonchev–Trinajstić information content (AvgIpc) is 2.35. The second-order valence-electron chi connectivity index (χ2n) is 5.15. The van der Waals surface area contributed by atoms with Crippen LogP contribution in [0.3, 0.4) is 0 Å². The number of carbonyl (C=O) groups excluding carboxylic acids is 1.